The molecule has 6 heteroatoms. The highest BCUT2D eigenvalue weighted by atomic mass is 16.5. The summed E-state index contributed by atoms with van der Waals surface area (Å²) in [5.74, 6) is 0.783. The lowest BCUT2D eigenvalue weighted by Crippen LogP contribution is -2.28. The zero-order valence-corrected chi connectivity index (χ0v) is 14.8. The van der Waals surface area contributed by atoms with Gasteiger partial charge in [-0.15, -0.1) is 5.10 Å². The number of aryl methyl sites for hydroxylation is 1. The molecule has 0 spiro atoms. The summed E-state index contributed by atoms with van der Waals surface area (Å²) in [7, 11) is 1.63. The van der Waals surface area contributed by atoms with Crippen LogP contribution in [0.4, 0.5) is 5.69 Å². The van der Waals surface area contributed by atoms with Gasteiger partial charge < -0.3 is 9.64 Å². The Kier molecular flexibility index (Phi) is 4.16. The van der Waals surface area contributed by atoms with Gasteiger partial charge in [0.15, 0.2) is 0 Å². The van der Waals surface area contributed by atoms with Gasteiger partial charge in [0.25, 0.3) is 5.91 Å². The van der Waals surface area contributed by atoms with Crippen LogP contribution in [-0.2, 0) is 4.79 Å². The predicted octanol–water partition coefficient (Wildman–Crippen LogP) is 3.24. The molecule has 4 rings (SSSR count). The monoisotopic (exact) mass is 348 g/mol. The molecule has 2 aromatic carbocycles. The first-order valence-electron chi connectivity index (χ1n) is 8.60. The van der Waals surface area contributed by atoms with E-state index in [4.69, 9.17) is 4.74 Å². The van der Waals surface area contributed by atoms with E-state index in [0.717, 1.165) is 22.6 Å². The summed E-state index contributed by atoms with van der Waals surface area (Å²) < 4.78 is 7.06. The summed E-state index contributed by atoms with van der Waals surface area (Å²) in [6, 6.07) is 15.3. The number of hydrogen-bond donors (Lipinski definition) is 0. The van der Waals surface area contributed by atoms with Crippen LogP contribution in [-0.4, -0.2) is 34.6 Å². The van der Waals surface area contributed by atoms with Gasteiger partial charge in [-0.1, -0.05) is 29.5 Å². The van der Waals surface area contributed by atoms with Gasteiger partial charge in [-0.3, -0.25) is 4.79 Å². The highest BCUT2D eigenvalue weighted by molar-refractivity contribution is 5.98. The van der Waals surface area contributed by atoms with Gasteiger partial charge in [-0.2, -0.15) is 0 Å². The van der Waals surface area contributed by atoms with E-state index in [0.29, 0.717) is 18.7 Å². The third-order valence-electron chi connectivity index (χ3n) is 4.70. The lowest BCUT2D eigenvalue weighted by molar-refractivity contribution is -0.120. The van der Waals surface area contributed by atoms with Crippen LogP contribution in [0.15, 0.2) is 54.7 Å². The molecule has 1 unspecified atom stereocenters. The first-order valence-corrected chi connectivity index (χ1v) is 8.60. The minimum Gasteiger partial charge on any atom is -0.496 e. The maximum Gasteiger partial charge on any atom is 0.251 e. The summed E-state index contributed by atoms with van der Waals surface area (Å²) in [5.41, 5.74) is 3.63. The number of hydrogen-bond acceptors (Lipinski definition) is 4. The zero-order chi connectivity index (χ0) is 18.1. The number of para-hydroxylation sites is 1. The Morgan fingerprint density at radius 3 is 2.81 bits per heavy atom. The van der Waals surface area contributed by atoms with Crippen molar-refractivity contribution < 1.29 is 9.53 Å². The van der Waals surface area contributed by atoms with Crippen molar-refractivity contribution in [3.63, 3.8) is 0 Å². The van der Waals surface area contributed by atoms with Crippen molar-refractivity contribution in [3.8, 4) is 17.0 Å². The molecule has 26 heavy (non-hydrogen) atoms. The Labute approximate surface area is 152 Å². The number of benzene rings is 2. The third-order valence-corrected chi connectivity index (χ3v) is 4.70. The smallest absolute Gasteiger partial charge is 0.251 e. The van der Waals surface area contributed by atoms with Crippen LogP contribution >= 0.6 is 0 Å². The number of ether oxygens (including phenoxy) is 1. The molecule has 1 saturated heterocycles. The maximum absolute atomic E-state index is 12.9. The van der Waals surface area contributed by atoms with Crippen LogP contribution in [0.3, 0.4) is 0 Å². The van der Waals surface area contributed by atoms with Gasteiger partial charge in [-0.05, 0) is 43.2 Å². The van der Waals surface area contributed by atoms with Crippen LogP contribution in [0, 0.1) is 6.92 Å². The molecular formula is C20H20N4O2. The van der Waals surface area contributed by atoms with Gasteiger partial charge in [0.05, 0.1) is 13.3 Å². The van der Waals surface area contributed by atoms with Crippen LogP contribution in [0.25, 0.3) is 11.3 Å². The molecule has 132 valence electrons. The Morgan fingerprint density at radius 2 is 2.00 bits per heavy atom. The summed E-state index contributed by atoms with van der Waals surface area (Å²) >= 11 is 0. The molecule has 1 atom stereocenters. The van der Waals surface area contributed by atoms with E-state index in [1.165, 1.54) is 0 Å². The van der Waals surface area contributed by atoms with Crippen molar-refractivity contribution in [2.45, 2.75) is 19.4 Å². The summed E-state index contributed by atoms with van der Waals surface area (Å²) in [6.07, 6.45) is 2.53. The van der Waals surface area contributed by atoms with E-state index in [1.807, 2.05) is 66.6 Å². The van der Waals surface area contributed by atoms with E-state index in [2.05, 4.69) is 10.3 Å². The highest BCUT2D eigenvalue weighted by Crippen LogP contribution is 2.31. The molecule has 1 aromatic heterocycles. The number of nitrogens with zero attached hydrogens (tertiary/aromatic N) is 4. The minimum absolute atomic E-state index is 0.0482. The van der Waals surface area contributed by atoms with Crippen LogP contribution in [0.2, 0.25) is 0 Å². The largest absolute Gasteiger partial charge is 0.496 e. The maximum atomic E-state index is 12.9. The normalized spacial score (nSPS) is 16.9. The second-order valence-corrected chi connectivity index (χ2v) is 6.42. The summed E-state index contributed by atoms with van der Waals surface area (Å²) in [5, 5.41) is 8.46. The fourth-order valence-corrected chi connectivity index (χ4v) is 3.37. The molecular weight excluding hydrogens is 328 g/mol. The number of aromatic nitrogens is 3. The van der Waals surface area contributed by atoms with Crippen molar-refractivity contribution in [1.82, 2.24) is 15.0 Å². The lowest BCUT2D eigenvalue weighted by Gasteiger charge is -2.17. The summed E-state index contributed by atoms with van der Waals surface area (Å²) in [4.78, 5) is 14.7. The first-order chi connectivity index (χ1) is 12.7. The number of methoxy groups -OCH3 is 1. The highest BCUT2D eigenvalue weighted by Gasteiger charge is 2.34. The van der Waals surface area contributed by atoms with Crippen molar-refractivity contribution in [2.75, 3.05) is 18.6 Å². The lowest BCUT2D eigenvalue weighted by atomic mass is 10.1. The molecule has 1 aliphatic heterocycles. The Bertz CT molecular complexity index is 950. The zero-order valence-electron chi connectivity index (χ0n) is 14.8. The van der Waals surface area contributed by atoms with E-state index in [-0.39, 0.29) is 11.9 Å². The number of anilines is 1. The standard InChI is InChI=1S/C20H20N4O2/c1-14-6-5-7-15(12-14)23-11-10-18(20(23)25)24-13-17(21-22-24)16-8-3-4-9-19(16)26-2/h3-9,12-13,18H,10-11H2,1-2H3. The molecule has 6 nitrogen and oxygen atoms in total. The van der Waals surface area contributed by atoms with Crippen molar-refractivity contribution in [1.29, 1.82) is 0 Å². The number of carbonyl (C=O) groups is 1. The molecule has 3 aromatic rings. The molecule has 1 aliphatic rings. The fourth-order valence-electron chi connectivity index (χ4n) is 3.37. The van der Waals surface area contributed by atoms with Gasteiger partial charge in [0, 0.05) is 17.8 Å². The molecule has 1 fully saturated rings. The second-order valence-electron chi connectivity index (χ2n) is 6.42. The van der Waals surface area contributed by atoms with E-state index < -0.39 is 0 Å². The van der Waals surface area contributed by atoms with Crippen molar-refractivity contribution in [3.05, 3.63) is 60.3 Å². The van der Waals surface area contributed by atoms with Gasteiger partial charge in [-0.25, -0.2) is 4.68 Å². The second kappa shape index (κ2) is 6.63. The first kappa shape index (κ1) is 16.3. The van der Waals surface area contributed by atoms with E-state index >= 15 is 0 Å². The topological polar surface area (TPSA) is 60.2 Å². The molecule has 0 bridgehead atoms. The van der Waals surface area contributed by atoms with Gasteiger partial charge in [0.2, 0.25) is 0 Å². The average molecular weight is 348 g/mol. The number of rotatable bonds is 4. The minimum atomic E-state index is -0.327. The van der Waals surface area contributed by atoms with E-state index in [1.54, 1.807) is 11.8 Å². The fraction of sp³-hybridized carbons (Fsp3) is 0.250. The quantitative estimate of drug-likeness (QED) is 0.726. The number of amides is 1. The average Bonchev–Trinajstić information content (AvgIpc) is 3.28. The Hall–Kier alpha value is -3.15. The molecule has 0 saturated carbocycles. The molecule has 1 amide bonds. The Balaban J connectivity index is 1.60. The molecule has 2 heterocycles. The van der Waals surface area contributed by atoms with Crippen LogP contribution in [0.1, 0.15) is 18.0 Å². The molecule has 0 aliphatic carbocycles. The number of carbonyl (C=O) groups excluding carboxylic acids is 1. The Morgan fingerprint density at radius 1 is 1.15 bits per heavy atom. The molecule has 0 N–H and O–H groups in total. The molecule has 0 radical (unpaired) electrons. The van der Waals surface area contributed by atoms with Gasteiger partial charge in [0.1, 0.15) is 17.5 Å². The summed E-state index contributed by atoms with van der Waals surface area (Å²) in [6.45, 7) is 2.70. The van der Waals surface area contributed by atoms with Crippen molar-refractivity contribution in [2.24, 2.45) is 0 Å². The SMILES string of the molecule is COc1ccccc1-c1cn(C2CCN(c3cccc(C)c3)C2=O)nn1. The van der Waals surface area contributed by atoms with Crippen molar-refractivity contribution >= 4 is 11.6 Å². The predicted molar refractivity (Wildman–Crippen MR) is 99.2 cm³/mol. The van der Waals surface area contributed by atoms with Gasteiger partial charge >= 0.3 is 0 Å². The van der Waals surface area contributed by atoms with E-state index in [9.17, 15) is 4.79 Å². The van der Waals surface area contributed by atoms with Crippen LogP contribution < -0.4 is 9.64 Å². The van der Waals surface area contributed by atoms with Crippen LogP contribution in [0.5, 0.6) is 5.75 Å². The third kappa shape index (κ3) is 2.83.